The van der Waals surface area contributed by atoms with E-state index in [1.807, 2.05) is 13.8 Å². The van der Waals surface area contributed by atoms with Gasteiger partial charge in [-0.15, -0.1) is 0 Å². The summed E-state index contributed by atoms with van der Waals surface area (Å²) < 4.78 is 39.5. The standard InChI is InChI=1S/C24H31ClFN3O4S/c1-5-17(3)27-24(31)21(6-2)28(15-18-11-13-19(26)14-12-18)23(30)16-29(34(4,32)33)22-10-8-7-9-20(22)25/h7-14,17,21H,5-6,15-16H2,1-4H3,(H,27,31)/t17-,21-/m1/s1. The minimum absolute atomic E-state index is 0.00562. The zero-order chi connectivity index (χ0) is 25.5. The monoisotopic (exact) mass is 511 g/mol. The van der Waals surface area contributed by atoms with Crippen molar-refractivity contribution < 1.29 is 22.4 Å². The van der Waals surface area contributed by atoms with Gasteiger partial charge in [-0.25, -0.2) is 12.8 Å². The molecule has 0 bridgehead atoms. The van der Waals surface area contributed by atoms with Crippen LogP contribution in [0.3, 0.4) is 0 Å². The molecule has 0 saturated heterocycles. The molecular formula is C24H31ClFN3O4S. The van der Waals surface area contributed by atoms with Crippen LogP contribution >= 0.6 is 11.6 Å². The third-order valence-electron chi connectivity index (χ3n) is 5.45. The third-order valence-corrected chi connectivity index (χ3v) is 6.90. The van der Waals surface area contributed by atoms with E-state index in [1.165, 1.54) is 41.3 Å². The van der Waals surface area contributed by atoms with Gasteiger partial charge in [0.1, 0.15) is 18.4 Å². The Balaban J connectivity index is 2.44. The maximum absolute atomic E-state index is 13.5. The van der Waals surface area contributed by atoms with E-state index in [4.69, 9.17) is 11.6 Å². The Morgan fingerprint density at radius 2 is 1.68 bits per heavy atom. The summed E-state index contributed by atoms with van der Waals surface area (Å²) in [5.41, 5.74) is 0.770. The average Bonchev–Trinajstić information content (AvgIpc) is 2.78. The first kappa shape index (κ1) is 27.6. The number of carbonyl (C=O) groups is 2. The molecule has 0 spiro atoms. The Morgan fingerprint density at radius 3 is 2.21 bits per heavy atom. The van der Waals surface area contributed by atoms with Gasteiger partial charge < -0.3 is 10.2 Å². The molecule has 0 radical (unpaired) electrons. The number of hydrogen-bond acceptors (Lipinski definition) is 4. The first-order valence-corrected chi connectivity index (χ1v) is 13.3. The number of anilines is 1. The summed E-state index contributed by atoms with van der Waals surface area (Å²) in [6, 6.07) is 11.0. The zero-order valence-corrected chi connectivity index (χ0v) is 21.4. The van der Waals surface area contributed by atoms with E-state index in [-0.39, 0.29) is 29.2 Å². The van der Waals surface area contributed by atoms with Gasteiger partial charge in [0.25, 0.3) is 0 Å². The minimum Gasteiger partial charge on any atom is -0.352 e. The summed E-state index contributed by atoms with van der Waals surface area (Å²) in [6.07, 6.45) is 2.00. The van der Waals surface area contributed by atoms with Gasteiger partial charge in [0.2, 0.25) is 21.8 Å². The number of rotatable bonds is 11. The van der Waals surface area contributed by atoms with Gasteiger partial charge in [-0.2, -0.15) is 0 Å². The Kier molecular flexibility index (Phi) is 9.88. The molecule has 2 aromatic rings. The van der Waals surface area contributed by atoms with E-state index in [1.54, 1.807) is 19.1 Å². The molecule has 186 valence electrons. The molecule has 34 heavy (non-hydrogen) atoms. The molecule has 2 aromatic carbocycles. The molecule has 2 rings (SSSR count). The van der Waals surface area contributed by atoms with E-state index < -0.39 is 34.3 Å². The van der Waals surface area contributed by atoms with Gasteiger partial charge in [0, 0.05) is 12.6 Å². The highest BCUT2D eigenvalue weighted by atomic mass is 35.5. The Hall–Kier alpha value is -2.65. The Bertz CT molecular complexity index is 1100. The number of para-hydroxylation sites is 1. The average molecular weight is 512 g/mol. The predicted molar refractivity (Wildman–Crippen MR) is 133 cm³/mol. The van der Waals surface area contributed by atoms with Crippen LogP contribution in [0.5, 0.6) is 0 Å². The van der Waals surface area contributed by atoms with Crippen molar-refractivity contribution in [3.8, 4) is 0 Å². The molecule has 0 fully saturated rings. The zero-order valence-electron chi connectivity index (χ0n) is 19.8. The van der Waals surface area contributed by atoms with Crippen LogP contribution in [0.4, 0.5) is 10.1 Å². The molecule has 0 unspecified atom stereocenters. The second-order valence-electron chi connectivity index (χ2n) is 8.11. The van der Waals surface area contributed by atoms with Crippen LogP contribution in [-0.2, 0) is 26.2 Å². The third kappa shape index (κ3) is 7.43. The molecule has 0 aliphatic heterocycles. The van der Waals surface area contributed by atoms with Crippen LogP contribution in [-0.4, -0.2) is 50.0 Å². The fraction of sp³-hybridized carbons (Fsp3) is 0.417. The van der Waals surface area contributed by atoms with Gasteiger partial charge in [0.15, 0.2) is 0 Å². The van der Waals surface area contributed by atoms with Crippen molar-refractivity contribution in [2.75, 3.05) is 17.1 Å². The van der Waals surface area contributed by atoms with Crippen molar-refractivity contribution in [3.63, 3.8) is 0 Å². The molecule has 0 aliphatic rings. The van der Waals surface area contributed by atoms with Crippen molar-refractivity contribution in [2.24, 2.45) is 0 Å². The Labute approximate surface area is 205 Å². The fourth-order valence-corrected chi connectivity index (χ4v) is 4.55. The van der Waals surface area contributed by atoms with E-state index >= 15 is 0 Å². The van der Waals surface area contributed by atoms with E-state index in [9.17, 15) is 22.4 Å². The van der Waals surface area contributed by atoms with Gasteiger partial charge in [0.05, 0.1) is 17.0 Å². The predicted octanol–water partition coefficient (Wildman–Crippen LogP) is 3.97. The molecule has 0 aliphatic carbocycles. The molecule has 7 nitrogen and oxygen atoms in total. The van der Waals surface area contributed by atoms with Crippen LogP contribution in [0.2, 0.25) is 5.02 Å². The lowest BCUT2D eigenvalue weighted by atomic mass is 10.1. The Morgan fingerprint density at radius 1 is 1.06 bits per heavy atom. The van der Waals surface area contributed by atoms with Crippen molar-refractivity contribution in [1.82, 2.24) is 10.2 Å². The summed E-state index contributed by atoms with van der Waals surface area (Å²) in [7, 11) is -3.87. The second-order valence-corrected chi connectivity index (χ2v) is 10.4. The molecule has 2 atom stereocenters. The fourth-order valence-electron chi connectivity index (χ4n) is 3.40. The van der Waals surface area contributed by atoms with Crippen molar-refractivity contribution >= 4 is 39.1 Å². The largest absolute Gasteiger partial charge is 0.352 e. The highest BCUT2D eigenvalue weighted by molar-refractivity contribution is 7.92. The number of benzene rings is 2. The topological polar surface area (TPSA) is 86.8 Å². The molecule has 0 heterocycles. The van der Waals surface area contributed by atoms with Crippen LogP contribution in [0.15, 0.2) is 48.5 Å². The highest BCUT2D eigenvalue weighted by Gasteiger charge is 2.32. The van der Waals surface area contributed by atoms with Crippen LogP contribution in [0.25, 0.3) is 0 Å². The lowest BCUT2D eigenvalue weighted by Crippen LogP contribution is -2.53. The maximum atomic E-state index is 13.5. The first-order valence-electron chi connectivity index (χ1n) is 11.0. The van der Waals surface area contributed by atoms with E-state index in [0.29, 0.717) is 18.4 Å². The van der Waals surface area contributed by atoms with Gasteiger partial charge >= 0.3 is 0 Å². The van der Waals surface area contributed by atoms with Gasteiger partial charge in [-0.1, -0.05) is 49.7 Å². The number of nitrogens with zero attached hydrogens (tertiary/aromatic N) is 2. The van der Waals surface area contributed by atoms with Crippen molar-refractivity contribution in [2.45, 2.75) is 52.2 Å². The number of halogens is 2. The summed E-state index contributed by atoms with van der Waals surface area (Å²) in [6.45, 7) is 5.03. The summed E-state index contributed by atoms with van der Waals surface area (Å²) in [4.78, 5) is 27.9. The SMILES string of the molecule is CC[C@@H](C)NC(=O)[C@@H](CC)N(Cc1ccc(F)cc1)C(=O)CN(c1ccccc1Cl)S(C)(=O)=O. The summed E-state index contributed by atoms with van der Waals surface area (Å²) >= 11 is 6.22. The van der Waals surface area contributed by atoms with E-state index in [0.717, 1.165) is 10.6 Å². The quantitative estimate of drug-likeness (QED) is 0.494. The van der Waals surface area contributed by atoms with E-state index in [2.05, 4.69) is 5.32 Å². The van der Waals surface area contributed by atoms with Gasteiger partial charge in [-0.3, -0.25) is 13.9 Å². The minimum atomic E-state index is -3.87. The normalized spacial score (nSPS) is 13.1. The molecule has 10 heteroatoms. The number of nitrogens with one attached hydrogen (secondary N) is 1. The molecule has 0 saturated carbocycles. The molecular weight excluding hydrogens is 481 g/mol. The lowest BCUT2D eigenvalue weighted by molar-refractivity contribution is -0.140. The first-order chi connectivity index (χ1) is 16.0. The van der Waals surface area contributed by atoms with Crippen molar-refractivity contribution in [1.29, 1.82) is 0 Å². The number of hydrogen-bond donors (Lipinski definition) is 1. The number of carbonyl (C=O) groups excluding carboxylic acids is 2. The number of sulfonamides is 1. The molecule has 0 aromatic heterocycles. The van der Waals surface area contributed by atoms with Gasteiger partial charge in [-0.05, 0) is 49.6 Å². The highest BCUT2D eigenvalue weighted by Crippen LogP contribution is 2.27. The van der Waals surface area contributed by atoms with Crippen molar-refractivity contribution in [3.05, 3.63) is 64.9 Å². The summed E-state index contributed by atoms with van der Waals surface area (Å²) in [5.74, 6) is -1.35. The molecule has 2 amide bonds. The molecule has 1 N–H and O–H groups in total. The van der Waals surface area contributed by atoms with Crippen LogP contribution in [0.1, 0.15) is 39.2 Å². The van der Waals surface area contributed by atoms with Crippen LogP contribution < -0.4 is 9.62 Å². The smallest absolute Gasteiger partial charge is 0.244 e. The lowest BCUT2D eigenvalue weighted by Gasteiger charge is -2.33. The second kappa shape index (κ2) is 12.2. The number of amides is 2. The maximum Gasteiger partial charge on any atom is 0.244 e. The van der Waals surface area contributed by atoms with Crippen LogP contribution in [0, 0.1) is 5.82 Å². The summed E-state index contributed by atoms with van der Waals surface area (Å²) in [5, 5.41) is 3.06.